The second-order valence-corrected chi connectivity index (χ2v) is 8.78. The van der Waals surface area contributed by atoms with Crippen molar-refractivity contribution in [3.8, 4) is 5.75 Å². The average molecular weight is 450 g/mol. The van der Waals surface area contributed by atoms with Crippen molar-refractivity contribution in [3.05, 3.63) is 81.3 Å². The van der Waals surface area contributed by atoms with E-state index < -0.39 is 0 Å². The minimum atomic E-state index is -0.114. The first kappa shape index (κ1) is 22.0. The molecule has 0 aliphatic carbocycles. The smallest absolute Gasteiger partial charge is 0.251 e. The lowest BCUT2D eigenvalue weighted by Crippen LogP contribution is -2.26. The monoisotopic (exact) mass is 449 g/mol. The predicted octanol–water partition coefficient (Wildman–Crippen LogP) is 4.00. The van der Waals surface area contributed by atoms with Gasteiger partial charge in [-0.25, -0.2) is 4.98 Å². The number of carbonyl (C=O) groups excluding carboxylic acids is 2. The standard InChI is InChI=1S/C25H27N3O3S/c29-24-19-6-4-5-18(15-19)16-21-17-20(25(30)28-11-9-23-26-12-14-32-23)7-8-22(21)31-13-3-1-2-10-27-24/h4-8,12,14-15,17H,1-3,9-11,13,16H2,(H,27,29)(H,28,30). The first-order chi connectivity index (χ1) is 15.7. The lowest BCUT2D eigenvalue weighted by Gasteiger charge is -2.15. The SMILES string of the molecule is O=C1NCCCCCOc2ccc(C(=O)NCCc3nccs3)cc2Cc2cccc1c2. The highest BCUT2D eigenvalue weighted by molar-refractivity contribution is 7.09. The second kappa shape index (κ2) is 10.9. The third kappa shape index (κ3) is 5.95. The fourth-order valence-corrected chi connectivity index (χ4v) is 4.31. The Morgan fingerprint density at radius 2 is 2.09 bits per heavy atom. The summed E-state index contributed by atoms with van der Waals surface area (Å²) >= 11 is 1.59. The van der Waals surface area contributed by atoms with Gasteiger partial charge in [0.05, 0.1) is 11.6 Å². The molecule has 1 aliphatic heterocycles. The molecule has 0 atom stereocenters. The van der Waals surface area contributed by atoms with E-state index in [9.17, 15) is 9.59 Å². The number of ether oxygens (including phenoxy) is 1. The van der Waals surface area contributed by atoms with E-state index in [-0.39, 0.29) is 11.8 Å². The molecule has 0 saturated heterocycles. The Hall–Kier alpha value is -3.19. The quantitative estimate of drug-likeness (QED) is 0.631. The molecule has 1 aromatic heterocycles. The lowest BCUT2D eigenvalue weighted by molar-refractivity contribution is 0.0945. The molecule has 3 aromatic rings. The molecule has 2 amide bonds. The summed E-state index contributed by atoms with van der Waals surface area (Å²) in [4.78, 5) is 29.4. The topological polar surface area (TPSA) is 80.3 Å². The minimum absolute atomic E-state index is 0.0475. The highest BCUT2D eigenvalue weighted by Gasteiger charge is 2.13. The van der Waals surface area contributed by atoms with Crippen LogP contribution in [-0.2, 0) is 12.8 Å². The molecule has 0 unspecified atom stereocenters. The van der Waals surface area contributed by atoms with Gasteiger partial charge in [0.2, 0.25) is 0 Å². The van der Waals surface area contributed by atoms with Gasteiger partial charge in [-0.3, -0.25) is 9.59 Å². The number of aromatic nitrogens is 1. The molecular weight excluding hydrogens is 422 g/mol. The molecule has 2 bridgehead atoms. The summed E-state index contributed by atoms with van der Waals surface area (Å²) in [5.41, 5.74) is 3.19. The maximum absolute atomic E-state index is 12.7. The Balaban J connectivity index is 1.53. The molecule has 7 heteroatoms. The number of hydrogen-bond acceptors (Lipinski definition) is 5. The largest absolute Gasteiger partial charge is 0.493 e. The molecule has 2 N–H and O–H groups in total. The summed E-state index contributed by atoms with van der Waals surface area (Å²) in [5, 5.41) is 8.90. The van der Waals surface area contributed by atoms with E-state index in [4.69, 9.17) is 4.74 Å². The molecule has 0 spiro atoms. The first-order valence-corrected chi connectivity index (χ1v) is 11.9. The number of hydrogen-bond donors (Lipinski definition) is 2. The van der Waals surface area contributed by atoms with Crippen LogP contribution in [0.5, 0.6) is 5.75 Å². The normalized spacial score (nSPS) is 14.4. The van der Waals surface area contributed by atoms with Gasteiger partial charge in [-0.1, -0.05) is 12.1 Å². The summed E-state index contributed by atoms with van der Waals surface area (Å²) in [5.74, 6) is 0.627. The highest BCUT2D eigenvalue weighted by Crippen LogP contribution is 2.25. The van der Waals surface area contributed by atoms with Crippen molar-refractivity contribution in [2.24, 2.45) is 0 Å². The van der Waals surface area contributed by atoms with Crippen molar-refractivity contribution < 1.29 is 14.3 Å². The maximum atomic E-state index is 12.7. The van der Waals surface area contributed by atoms with Crippen LogP contribution in [0.25, 0.3) is 0 Å². The Labute approximate surface area is 192 Å². The van der Waals surface area contributed by atoms with Crippen LogP contribution < -0.4 is 15.4 Å². The fraction of sp³-hybridized carbons (Fsp3) is 0.320. The molecule has 32 heavy (non-hydrogen) atoms. The molecule has 1 aliphatic rings. The van der Waals surface area contributed by atoms with E-state index in [2.05, 4.69) is 15.6 Å². The van der Waals surface area contributed by atoms with Crippen LogP contribution in [-0.4, -0.2) is 36.5 Å². The van der Waals surface area contributed by atoms with Crippen LogP contribution in [0.4, 0.5) is 0 Å². The molecule has 0 fully saturated rings. The predicted molar refractivity (Wildman–Crippen MR) is 126 cm³/mol. The summed E-state index contributed by atoms with van der Waals surface area (Å²) in [6.07, 6.45) is 5.88. The second-order valence-electron chi connectivity index (χ2n) is 7.80. The number of benzene rings is 2. The number of thiazole rings is 1. The molecule has 4 rings (SSSR count). The Bertz CT molecular complexity index is 1070. The van der Waals surface area contributed by atoms with Gasteiger partial charge in [0.1, 0.15) is 5.75 Å². The number of nitrogens with one attached hydrogen (secondary N) is 2. The van der Waals surface area contributed by atoms with E-state index in [1.165, 1.54) is 0 Å². The van der Waals surface area contributed by atoms with Gasteiger partial charge in [-0.2, -0.15) is 0 Å². The maximum Gasteiger partial charge on any atom is 0.251 e. The third-order valence-electron chi connectivity index (χ3n) is 5.38. The van der Waals surface area contributed by atoms with Crippen molar-refractivity contribution >= 4 is 23.2 Å². The van der Waals surface area contributed by atoms with Crippen molar-refractivity contribution in [1.29, 1.82) is 0 Å². The molecular formula is C25H27N3O3S. The number of nitrogens with zero attached hydrogens (tertiary/aromatic N) is 1. The van der Waals surface area contributed by atoms with Gasteiger partial charge in [0.15, 0.2) is 0 Å². The molecule has 6 nitrogen and oxygen atoms in total. The first-order valence-electron chi connectivity index (χ1n) is 11.0. The van der Waals surface area contributed by atoms with E-state index in [0.29, 0.717) is 43.7 Å². The average Bonchev–Trinajstić information content (AvgIpc) is 3.32. The third-order valence-corrected chi connectivity index (χ3v) is 6.22. The van der Waals surface area contributed by atoms with Gasteiger partial charge in [-0.05, 0) is 60.7 Å². The zero-order valence-corrected chi connectivity index (χ0v) is 18.7. The number of carbonyl (C=O) groups is 2. The summed E-state index contributed by atoms with van der Waals surface area (Å²) in [6.45, 7) is 1.82. The lowest BCUT2D eigenvalue weighted by atomic mass is 9.99. The Morgan fingerprint density at radius 1 is 1.16 bits per heavy atom. The van der Waals surface area contributed by atoms with Crippen LogP contribution in [0.3, 0.4) is 0 Å². The van der Waals surface area contributed by atoms with Crippen molar-refractivity contribution in [3.63, 3.8) is 0 Å². The van der Waals surface area contributed by atoms with Crippen LogP contribution in [0.15, 0.2) is 54.0 Å². The Morgan fingerprint density at radius 3 is 2.97 bits per heavy atom. The van der Waals surface area contributed by atoms with Crippen molar-refractivity contribution in [2.45, 2.75) is 32.1 Å². The van der Waals surface area contributed by atoms with E-state index in [0.717, 1.165) is 41.1 Å². The highest BCUT2D eigenvalue weighted by atomic mass is 32.1. The van der Waals surface area contributed by atoms with Gasteiger partial charge >= 0.3 is 0 Å². The number of amides is 2. The van der Waals surface area contributed by atoms with Crippen LogP contribution >= 0.6 is 11.3 Å². The van der Waals surface area contributed by atoms with Crippen molar-refractivity contribution in [2.75, 3.05) is 19.7 Å². The zero-order valence-electron chi connectivity index (χ0n) is 17.9. The summed E-state index contributed by atoms with van der Waals surface area (Å²) in [7, 11) is 0. The molecule has 166 valence electrons. The van der Waals surface area contributed by atoms with E-state index >= 15 is 0 Å². The molecule has 0 saturated carbocycles. The van der Waals surface area contributed by atoms with E-state index in [1.54, 1.807) is 17.5 Å². The number of rotatable bonds is 4. The van der Waals surface area contributed by atoms with Gasteiger partial charge < -0.3 is 15.4 Å². The molecule has 2 heterocycles. The summed E-state index contributed by atoms with van der Waals surface area (Å²) < 4.78 is 6.06. The minimum Gasteiger partial charge on any atom is -0.493 e. The van der Waals surface area contributed by atoms with Gasteiger partial charge in [-0.15, -0.1) is 11.3 Å². The van der Waals surface area contributed by atoms with Crippen LogP contribution in [0, 0.1) is 0 Å². The van der Waals surface area contributed by atoms with Gasteiger partial charge in [0, 0.05) is 48.6 Å². The van der Waals surface area contributed by atoms with Crippen molar-refractivity contribution in [1.82, 2.24) is 15.6 Å². The van der Waals surface area contributed by atoms with Crippen LogP contribution in [0.2, 0.25) is 0 Å². The fourth-order valence-electron chi connectivity index (χ4n) is 3.69. The Kier molecular flexibility index (Phi) is 7.51. The van der Waals surface area contributed by atoms with E-state index in [1.807, 2.05) is 47.8 Å². The zero-order chi connectivity index (χ0) is 22.2. The molecule has 2 aromatic carbocycles. The number of fused-ring (bicyclic) bond motifs is 3. The summed E-state index contributed by atoms with van der Waals surface area (Å²) in [6, 6.07) is 13.2. The van der Waals surface area contributed by atoms with Crippen LogP contribution in [0.1, 0.15) is 56.1 Å². The van der Waals surface area contributed by atoms with Gasteiger partial charge in [0.25, 0.3) is 11.8 Å². The molecule has 0 radical (unpaired) electrons.